The van der Waals surface area contributed by atoms with Gasteiger partial charge in [0.2, 0.25) is 0 Å². The first-order valence-corrected chi connectivity index (χ1v) is 1.69. The van der Waals surface area contributed by atoms with Gasteiger partial charge in [-0.05, 0) is 6.92 Å². The van der Waals surface area contributed by atoms with Crippen molar-refractivity contribution < 1.29 is 0 Å². The van der Waals surface area contributed by atoms with Crippen LogP contribution >= 0.6 is 11.6 Å². The van der Waals surface area contributed by atoms with Crippen LogP contribution in [0.4, 0.5) is 0 Å². The minimum atomic E-state index is 0.630. The summed E-state index contributed by atoms with van der Waals surface area (Å²) in [4.78, 5) is 0. The summed E-state index contributed by atoms with van der Waals surface area (Å²) < 4.78 is 0. The van der Waals surface area contributed by atoms with Crippen LogP contribution in [-0.4, -0.2) is 0 Å². The molecule has 0 aromatic heterocycles. The number of nitrogens with two attached hydrogens (primary N) is 1. The van der Waals surface area contributed by atoms with E-state index >= 15 is 0 Å². The van der Waals surface area contributed by atoms with E-state index in [4.69, 9.17) is 17.3 Å². The fraction of sp³-hybridized carbons (Fsp3) is 0.333. The maximum absolute atomic E-state index is 5.20. The molecule has 5 heavy (non-hydrogen) atoms. The molecule has 2 heteroatoms. The van der Waals surface area contributed by atoms with Gasteiger partial charge in [-0.15, -0.1) is 0 Å². The number of hydrogen-bond donors (Lipinski definition) is 1. The fourth-order valence-electron chi connectivity index (χ4n) is 0. The van der Waals surface area contributed by atoms with E-state index in [2.05, 4.69) is 0 Å². The predicted octanol–water partition coefficient (Wildman–Crippen LogP) is 1.05. The second kappa shape index (κ2) is 2.09. The van der Waals surface area contributed by atoms with Crippen molar-refractivity contribution in [2.24, 2.45) is 5.73 Å². The first kappa shape index (κ1) is 4.83. The van der Waals surface area contributed by atoms with Gasteiger partial charge in [0, 0.05) is 11.2 Å². The minimum absolute atomic E-state index is 0.630. The quantitative estimate of drug-likeness (QED) is 0.474. The Morgan fingerprint density at radius 3 is 2.20 bits per heavy atom. The third-order valence-electron chi connectivity index (χ3n) is 0.230. The van der Waals surface area contributed by atoms with Gasteiger partial charge in [0.1, 0.15) is 0 Å². The van der Waals surface area contributed by atoms with Crippen molar-refractivity contribution in [3.63, 3.8) is 0 Å². The highest BCUT2D eigenvalue weighted by Gasteiger charge is 1.64. The minimum Gasteiger partial charge on any atom is -0.404 e. The predicted molar refractivity (Wildman–Crippen MR) is 23.8 cm³/mol. The van der Waals surface area contributed by atoms with E-state index in [1.807, 2.05) is 0 Å². The molecule has 0 aliphatic carbocycles. The Balaban J connectivity index is 3.14. The second-order valence-electron chi connectivity index (χ2n) is 0.753. The highest BCUT2D eigenvalue weighted by atomic mass is 35.5. The van der Waals surface area contributed by atoms with E-state index in [9.17, 15) is 0 Å². The standard InChI is InChI=1S/C3H6ClN/c1-3(4)2-5/h2H,5H2,1H3/b3-2+. The van der Waals surface area contributed by atoms with Gasteiger partial charge < -0.3 is 5.73 Å². The van der Waals surface area contributed by atoms with Gasteiger partial charge in [0.05, 0.1) is 0 Å². The lowest BCUT2D eigenvalue weighted by Gasteiger charge is -1.71. The Hall–Kier alpha value is -0.170. The summed E-state index contributed by atoms with van der Waals surface area (Å²) in [7, 11) is 0. The second-order valence-corrected chi connectivity index (χ2v) is 1.35. The van der Waals surface area contributed by atoms with Crippen molar-refractivity contribution in [1.82, 2.24) is 0 Å². The average Bonchev–Trinajstić information content (AvgIpc) is 1.38. The summed E-state index contributed by atoms with van der Waals surface area (Å²) in [6, 6.07) is 0. The number of rotatable bonds is 0. The molecule has 0 aliphatic heterocycles. The van der Waals surface area contributed by atoms with Crippen molar-refractivity contribution in [2.45, 2.75) is 6.92 Å². The maximum Gasteiger partial charge on any atom is 0.0304 e. The monoisotopic (exact) mass is 91.0 g/mol. The van der Waals surface area contributed by atoms with E-state index in [-0.39, 0.29) is 0 Å². The van der Waals surface area contributed by atoms with Gasteiger partial charge in [-0.3, -0.25) is 0 Å². The highest BCUT2D eigenvalue weighted by Crippen LogP contribution is 1.90. The zero-order valence-electron chi connectivity index (χ0n) is 3.03. The normalized spacial score (nSPS) is 12.0. The molecular formula is C3H6ClN. The van der Waals surface area contributed by atoms with E-state index in [1.54, 1.807) is 6.92 Å². The molecule has 0 radical (unpaired) electrons. The number of hydrogen-bond acceptors (Lipinski definition) is 1. The molecule has 0 saturated carbocycles. The summed E-state index contributed by atoms with van der Waals surface area (Å²) in [5.74, 6) is 0. The van der Waals surface area contributed by atoms with Crippen LogP contribution in [0.1, 0.15) is 6.92 Å². The first-order valence-electron chi connectivity index (χ1n) is 1.31. The molecule has 0 unspecified atom stereocenters. The molecule has 2 N–H and O–H groups in total. The van der Waals surface area contributed by atoms with Crippen molar-refractivity contribution in [2.75, 3.05) is 0 Å². The smallest absolute Gasteiger partial charge is 0.0304 e. The molecule has 0 rings (SSSR count). The molecule has 0 fully saturated rings. The Labute approximate surface area is 36.4 Å². The lowest BCUT2D eigenvalue weighted by molar-refractivity contribution is 1.51. The van der Waals surface area contributed by atoms with Crippen LogP contribution in [0, 0.1) is 0 Å². The average molecular weight is 91.5 g/mol. The summed E-state index contributed by atoms with van der Waals surface area (Å²) in [6.45, 7) is 1.72. The van der Waals surface area contributed by atoms with Crippen LogP contribution < -0.4 is 5.73 Å². The molecule has 0 atom stereocenters. The summed E-state index contributed by atoms with van der Waals surface area (Å²) in [5.41, 5.74) is 4.88. The van der Waals surface area contributed by atoms with Gasteiger partial charge in [-0.1, -0.05) is 11.6 Å². The third kappa shape index (κ3) is 3.83. The van der Waals surface area contributed by atoms with Crippen LogP contribution in [-0.2, 0) is 0 Å². The van der Waals surface area contributed by atoms with Crippen LogP contribution in [0.5, 0.6) is 0 Å². The van der Waals surface area contributed by atoms with Crippen LogP contribution in [0.25, 0.3) is 0 Å². The van der Waals surface area contributed by atoms with Gasteiger partial charge >= 0.3 is 0 Å². The maximum atomic E-state index is 5.20. The van der Waals surface area contributed by atoms with E-state index in [0.29, 0.717) is 5.03 Å². The number of allylic oxidation sites excluding steroid dienone is 1. The van der Waals surface area contributed by atoms with Crippen molar-refractivity contribution in [1.29, 1.82) is 0 Å². The fourth-order valence-corrected chi connectivity index (χ4v) is 0. The Morgan fingerprint density at radius 1 is 2.00 bits per heavy atom. The number of halogens is 1. The van der Waals surface area contributed by atoms with Gasteiger partial charge in [0.25, 0.3) is 0 Å². The topological polar surface area (TPSA) is 26.0 Å². The van der Waals surface area contributed by atoms with Gasteiger partial charge in [-0.2, -0.15) is 0 Å². The molecule has 0 aliphatic rings. The molecule has 0 aromatic rings. The zero-order chi connectivity index (χ0) is 4.28. The van der Waals surface area contributed by atoms with Crippen LogP contribution in [0.3, 0.4) is 0 Å². The van der Waals surface area contributed by atoms with Gasteiger partial charge in [0.15, 0.2) is 0 Å². The molecule has 30 valence electrons. The zero-order valence-corrected chi connectivity index (χ0v) is 3.79. The summed E-state index contributed by atoms with van der Waals surface area (Å²) in [6.07, 6.45) is 1.35. The van der Waals surface area contributed by atoms with Crippen LogP contribution in [0.2, 0.25) is 0 Å². The van der Waals surface area contributed by atoms with Crippen molar-refractivity contribution in [3.05, 3.63) is 11.2 Å². The Morgan fingerprint density at radius 2 is 2.20 bits per heavy atom. The molecule has 0 spiro atoms. The molecule has 1 nitrogen and oxygen atoms in total. The molecular weight excluding hydrogens is 85.5 g/mol. The van der Waals surface area contributed by atoms with Crippen molar-refractivity contribution >= 4 is 11.6 Å². The Bertz CT molecular complexity index is 44.9. The lowest BCUT2D eigenvalue weighted by Crippen LogP contribution is -1.74. The van der Waals surface area contributed by atoms with E-state index in [1.165, 1.54) is 6.20 Å². The molecule has 0 amide bonds. The van der Waals surface area contributed by atoms with E-state index < -0.39 is 0 Å². The SMILES string of the molecule is C/C(Cl)=C\N. The third-order valence-corrected chi connectivity index (χ3v) is 0.356. The molecule has 0 aromatic carbocycles. The largest absolute Gasteiger partial charge is 0.404 e. The van der Waals surface area contributed by atoms with Crippen LogP contribution in [0.15, 0.2) is 11.2 Å². The lowest BCUT2D eigenvalue weighted by atomic mass is 10.7. The molecule has 0 bridgehead atoms. The van der Waals surface area contributed by atoms with Crippen molar-refractivity contribution in [3.8, 4) is 0 Å². The first-order chi connectivity index (χ1) is 2.27. The molecule has 0 heterocycles. The summed E-state index contributed by atoms with van der Waals surface area (Å²) in [5, 5.41) is 0.630. The van der Waals surface area contributed by atoms with E-state index in [0.717, 1.165) is 0 Å². The molecule has 0 saturated heterocycles. The van der Waals surface area contributed by atoms with Gasteiger partial charge in [-0.25, -0.2) is 0 Å². The highest BCUT2D eigenvalue weighted by molar-refractivity contribution is 6.29. The Kier molecular flexibility index (Phi) is 2.02. The summed E-state index contributed by atoms with van der Waals surface area (Å²) >= 11 is 5.20.